The molecule has 9 aromatic carbocycles. The Morgan fingerprint density at radius 3 is 2.00 bits per heavy atom. The average Bonchev–Trinajstić information content (AvgIpc) is 3.15. The third-order valence-electron chi connectivity index (χ3n) is 9.26. The Bertz CT molecular complexity index is 2940. The van der Waals surface area contributed by atoms with Gasteiger partial charge in [-0.05, 0) is 113 Å². The molecule has 1 nitrogen and oxygen atoms in total. The zero-order valence-corrected chi connectivity index (χ0v) is 24.0. The highest BCUT2D eigenvalue weighted by Crippen LogP contribution is 2.50. The van der Waals surface area contributed by atoms with Crippen LogP contribution in [0.25, 0.3) is 87.2 Å². The van der Waals surface area contributed by atoms with Gasteiger partial charge in [0.15, 0.2) is 0 Å². The molecule has 0 N–H and O–H groups in total. The first kappa shape index (κ1) is 20.1. The molecule has 0 unspecified atom stereocenters. The molecule has 1 aliphatic heterocycles. The Labute approximate surface area is 267 Å². The van der Waals surface area contributed by atoms with Gasteiger partial charge in [0.1, 0.15) is 11.5 Å². The normalized spacial score (nSPS) is 13.7. The highest BCUT2D eigenvalue weighted by atomic mass is 16.5. The second-order valence-electron chi connectivity index (χ2n) is 11.7. The minimum atomic E-state index is -0.400. The quantitative estimate of drug-likeness (QED) is 0.147. The number of hydrogen-bond donors (Lipinski definition) is 0. The topological polar surface area (TPSA) is 9.23 Å². The Hall–Kier alpha value is -5.92. The van der Waals surface area contributed by atoms with E-state index in [2.05, 4.69) is 91.0 Å². The maximum Gasteiger partial charge on any atom is 0.135 e. The number of hydrogen-bond acceptors (Lipinski definition) is 1. The van der Waals surface area contributed by atoms with Crippen LogP contribution in [0, 0.1) is 0 Å². The Balaban J connectivity index is 1.25. The van der Waals surface area contributed by atoms with Crippen molar-refractivity contribution in [3.05, 3.63) is 158 Å². The van der Waals surface area contributed by atoms with Crippen LogP contribution in [0.15, 0.2) is 158 Å². The molecule has 0 fully saturated rings. The van der Waals surface area contributed by atoms with Crippen LogP contribution in [0.1, 0.15) is 6.85 Å². The molecule has 1 heteroatoms. The predicted octanol–water partition coefficient (Wildman–Crippen LogP) is 12.6. The van der Waals surface area contributed by atoms with Crippen LogP contribution in [0.2, 0.25) is 0 Å². The summed E-state index contributed by atoms with van der Waals surface area (Å²) < 4.78 is 49.7. The van der Waals surface area contributed by atoms with Crippen molar-refractivity contribution in [3.63, 3.8) is 0 Å². The lowest BCUT2D eigenvalue weighted by molar-refractivity contribution is 0.487. The fourth-order valence-corrected chi connectivity index (χ4v) is 7.26. The van der Waals surface area contributed by atoms with Crippen molar-refractivity contribution in [2.45, 2.75) is 0 Å². The summed E-state index contributed by atoms with van der Waals surface area (Å²) in [5, 5.41) is 10.1. The molecule has 0 amide bonds. The minimum Gasteiger partial charge on any atom is -0.456 e. The van der Waals surface area contributed by atoms with Crippen molar-refractivity contribution in [1.82, 2.24) is 0 Å². The standard InChI is InChI=1S/C44H26O/c1-2-9-28(10-3-1)42-35-14-7-5-11-31(35)23-33-20-18-27-17-19-29(24-37(27)43(33)42)30-21-22-40-38(25-30)39-26-32-12-4-6-13-34(32)36-15-8-16-41(45-40)44(36)39/h1-26H/i1D,2D,3D,9D,10D. The number of benzene rings is 9. The second-order valence-corrected chi connectivity index (χ2v) is 11.7. The average molecular weight is 576 g/mol. The van der Waals surface area contributed by atoms with Crippen molar-refractivity contribution < 1.29 is 11.6 Å². The van der Waals surface area contributed by atoms with Crippen molar-refractivity contribution >= 4 is 53.9 Å². The first-order valence-electron chi connectivity index (χ1n) is 17.6. The summed E-state index contributed by atoms with van der Waals surface area (Å²) in [6.45, 7) is 0. The molecule has 0 atom stereocenters. The summed E-state index contributed by atoms with van der Waals surface area (Å²) in [6, 6.07) is 42.3. The van der Waals surface area contributed by atoms with Gasteiger partial charge in [-0.15, -0.1) is 0 Å². The molecule has 9 aromatic rings. The Kier molecular flexibility index (Phi) is 4.15. The highest BCUT2D eigenvalue weighted by Gasteiger charge is 2.22. The lowest BCUT2D eigenvalue weighted by Crippen LogP contribution is -1.98. The molecule has 0 radical (unpaired) electrons. The fourth-order valence-electron chi connectivity index (χ4n) is 7.26. The molecule has 1 aliphatic rings. The Morgan fingerprint density at radius 2 is 1.11 bits per heavy atom. The molecule has 0 saturated carbocycles. The largest absolute Gasteiger partial charge is 0.456 e. The Morgan fingerprint density at radius 1 is 0.400 bits per heavy atom. The van der Waals surface area contributed by atoms with E-state index in [1.54, 1.807) is 0 Å². The SMILES string of the molecule is [2H]c1c([2H])c([2H])c(-c2c3ccccc3cc3ccc4ccc(-c5ccc6c(c5)-c5cc7ccccc7c7cccc(c57)O6)cc4c23)c([2H])c1[2H]. The first-order valence-corrected chi connectivity index (χ1v) is 15.1. The third-order valence-corrected chi connectivity index (χ3v) is 9.26. The van der Waals surface area contributed by atoms with Gasteiger partial charge < -0.3 is 4.74 Å². The maximum absolute atomic E-state index is 8.96. The fraction of sp³-hybridized carbons (Fsp3) is 0. The minimum absolute atomic E-state index is 0.209. The van der Waals surface area contributed by atoms with Gasteiger partial charge in [-0.2, -0.15) is 0 Å². The van der Waals surface area contributed by atoms with Gasteiger partial charge in [-0.3, -0.25) is 0 Å². The van der Waals surface area contributed by atoms with Gasteiger partial charge in [0.05, 0.1) is 6.85 Å². The lowest BCUT2D eigenvalue weighted by Gasteiger charge is -2.23. The summed E-state index contributed by atoms with van der Waals surface area (Å²) in [5.41, 5.74) is 5.05. The van der Waals surface area contributed by atoms with Gasteiger partial charge in [0, 0.05) is 10.9 Å². The second kappa shape index (κ2) is 9.29. The first-order chi connectivity index (χ1) is 24.4. The lowest BCUT2D eigenvalue weighted by atomic mass is 9.87. The van der Waals surface area contributed by atoms with Gasteiger partial charge in [-0.25, -0.2) is 0 Å². The molecule has 10 rings (SSSR count). The molecule has 0 spiro atoms. The van der Waals surface area contributed by atoms with Crippen LogP contribution in [0.4, 0.5) is 0 Å². The molecule has 45 heavy (non-hydrogen) atoms. The number of rotatable bonds is 2. The monoisotopic (exact) mass is 575 g/mol. The summed E-state index contributed by atoms with van der Waals surface area (Å²) in [4.78, 5) is 0. The molecule has 208 valence electrons. The zero-order chi connectivity index (χ0) is 33.8. The predicted molar refractivity (Wildman–Crippen MR) is 190 cm³/mol. The summed E-state index contributed by atoms with van der Waals surface area (Å²) in [7, 11) is 0. The van der Waals surface area contributed by atoms with Gasteiger partial charge in [0.2, 0.25) is 0 Å². The molecule has 0 aliphatic carbocycles. The molecule has 0 bridgehead atoms. The van der Waals surface area contributed by atoms with E-state index in [-0.39, 0.29) is 29.7 Å². The third kappa shape index (κ3) is 3.62. The zero-order valence-electron chi connectivity index (χ0n) is 29.0. The molecular weight excluding hydrogens is 544 g/mol. The van der Waals surface area contributed by atoms with Crippen LogP contribution in [0.3, 0.4) is 0 Å². The van der Waals surface area contributed by atoms with E-state index in [1.807, 2.05) is 36.4 Å². The molecule has 1 heterocycles. The number of ether oxygens (including phenoxy) is 1. The van der Waals surface area contributed by atoms with Gasteiger partial charge in [-0.1, -0.05) is 121 Å². The summed E-state index contributed by atoms with van der Waals surface area (Å²) in [6.07, 6.45) is 0. The van der Waals surface area contributed by atoms with E-state index in [1.165, 1.54) is 10.8 Å². The smallest absolute Gasteiger partial charge is 0.135 e. The molecule has 0 aromatic heterocycles. The van der Waals surface area contributed by atoms with Gasteiger partial charge >= 0.3 is 0 Å². The van der Waals surface area contributed by atoms with E-state index in [9.17, 15) is 0 Å². The van der Waals surface area contributed by atoms with E-state index in [4.69, 9.17) is 11.6 Å². The van der Waals surface area contributed by atoms with Crippen LogP contribution in [0.5, 0.6) is 11.5 Å². The van der Waals surface area contributed by atoms with Crippen LogP contribution >= 0.6 is 0 Å². The summed E-state index contributed by atoms with van der Waals surface area (Å²) >= 11 is 0. The summed E-state index contributed by atoms with van der Waals surface area (Å²) in [5.74, 6) is 1.67. The van der Waals surface area contributed by atoms with Crippen LogP contribution in [-0.2, 0) is 0 Å². The van der Waals surface area contributed by atoms with E-state index in [0.717, 1.165) is 76.8 Å². The van der Waals surface area contributed by atoms with E-state index >= 15 is 0 Å². The van der Waals surface area contributed by atoms with Crippen LogP contribution in [-0.4, -0.2) is 0 Å². The van der Waals surface area contributed by atoms with Crippen molar-refractivity contribution in [2.24, 2.45) is 0 Å². The van der Waals surface area contributed by atoms with Crippen molar-refractivity contribution in [3.8, 4) is 44.9 Å². The number of fused-ring (bicyclic) bond motifs is 8. The maximum atomic E-state index is 8.96. The highest BCUT2D eigenvalue weighted by molar-refractivity contribution is 6.22. The van der Waals surface area contributed by atoms with E-state index in [0.29, 0.717) is 5.56 Å². The van der Waals surface area contributed by atoms with Gasteiger partial charge in [0.25, 0.3) is 0 Å². The van der Waals surface area contributed by atoms with Crippen molar-refractivity contribution in [1.29, 1.82) is 0 Å². The van der Waals surface area contributed by atoms with Crippen LogP contribution < -0.4 is 4.74 Å². The van der Waals surface area contributed by atoms with Crippen molar-refractivity contribution in [2.75, 3.05) is 0 Å². The molecular formula is C44H26O. The van der Waals surface area contributed by atoms with E-state index < -0.39 is 6.04 Å². The molecule has 0 saturated heterocycles.